The Morgan fingerprint density at radius 1 is 1.41 bits per heavy atom. The second-order valence-corrected chi connectivity index (χ2v) is 4.62. The van der Waals surface area contributed by atoms with Gasteiger partial charge in [0.15, 0.2) is 0 Å². The Kier molecular flexibility index (Phi) is 3.48. The van der Waals surface area contributed by atoms with Crippen molar-refractivity contribution >= 4 is 11.6 Å². The summed E-state index contributed by atoms with van der Waals surface area (Å²) in [4.78, 5) is 13.7. The van der Waals surface area contributed by atoms with Gasteiger partial charge in [0.05, 0.1) is 18.2 Å². The highest BCUT2D eigenvalue weighted by atomic mass is 16.5. The van der Waals surface area contributed by atoms with E-state index in [9.17, 15) is 4.79 Å². The fraction of sp³-hybridized carbons (Fsp3) is 0.500. The van der Waals surface area contributed by atoms with E-state index in [1.807, 2.05) is 26.0 Å². The van der Waals surface area contributed by atoms with Crippen molar-refractivity contribution in [2.75, 3.05) is 11.6 Å². The van der Waals surface area contributed by atoms with Gasteiger partial charge in [-0.15, -0.1) is 0 Å². The summed E-state index contributed by atoms with van der Waals surface area (Å²) in [5.41, 5.74) is 3.42. The minimum Gasteiger partial charge on any atom is -0.358 e. The largest absolute Gasteiger partial charge is 0.358 e. The van der Waals surface area contributed by atoms with Gasteiger partial charge in [0.25, 0.3) is 0 Å². The highest BCUT2D eigenvalue weighted by Crippen LogP contribution is 2.32. The maximum Gasteiger partial charge on any atom is 0.233 e. The van der Waals surface area contributed by atoms with Gasteiger partial charge < -0.3 is 4.74 Å². The summed E-state index contributed by atoms with van der Waals surface area (Å²) in [7, 11) is 0. The van der Waals surface area contributed by atoms with Crippen LogP contribution in [0.5, 0.6) is 0 Å². The van der Waals surface area contributed by atoms with Crippen LogP contribution in [-0.4, -0.2) is 18.7 Å². The molecule has 17 heavy (non-hydrogen) atoms. The third-order valence-corrected chi connectivity index (χ3v) is 3.03. The third-order valence-electron chi connectivity index (χ3n) is 3.03. The highest BCUT2D eigenvalue weighted by molar-refractivity contribution is 6.02. The van der Waals surface area contributed by atoms with Crippen LogP contribution in [-0.2, 0) is 22.4 Å². The number of amides is 1. The monoisotopic (exact) mass is 233 g/mol. The number of rotatable bonds is 4. The standard InChI is InChI=1S/C14H19NO2/c1-4-11-6-5-7-12-8-13(16)15(14(11)12)9-17-10(2)3/h5-7,10H,4,8-9H2,1-3H3. The summed E-state index contributed by atoms with van der Waals surface area (Å²) in [6.07, 6.45) is 1.58. The Bertz CT molecular complexity index is 426. The van der Waals surface area contributed by atoms with E-state index < -0.39 is 0 Å². The molecule has 1 amide bonds. The number of carbonyl (C=O) groups is 1. The van der Waals surface area contributed by atoms with Crippen LogP contribution in [0.4, 0.5) is 5.69 Å². The zero-order chi connectivity index (χ0) is 12.4. The summed E-state index contributed by atoms with van der Waals surface area (Å²) in [5.74, 6) is 0.140. The molecule has 0 spiro atoms. The molecule has 3 nitrogen and oxygen atoms in total. The number of para-hydroxylation sites is 1. The molecule has 3 heteroatoms. The normalized spacial score (nSPS) is 14.6. The quantitative estimate of drug-likeness (QED) is 0.799. The first-order chi connectivity index (χ1) is 8.13. The second kappa shape index (κ2) is 4.88. The van der Waals surface area contributed by atoms with Crippen molar-refractivity contribution in [1.29, 1.82) is 0 Å². The molecule has 1 aliphatic heterocycles. The lowest BCUT2D eigenvalue weighted by atomic mass is 10.1. The molecule has 0 fully saturated rings. The van der Waals surface area contributed by atoms with Crippen LogP contribution in [0.3, 0.4) is 0 Å². The first-order valence-corrected chi connectivity index (χ1v) is 6.16. The number of carbonyl (C=O) groups excluding carboxylic acids is 1. The number of benzene rings is 1. The van der Waals surface area contributed by atoms with Crippen molar-refractivity contribution in [3.05, 3.63) is 29.3 Å². The van der Waals surface area contributed by atoms with Crippen molar-refractivity contribution < 1.29 is 9.53 Å². The topological polar surface area (TPSA) is 29.5 Å². The van der Waals surface area contributed by atoms with Crippen molar-refractivity contribution in [1.82, 2.24) is 0 Å². The summed E-state index contributed by atoms with van der Waals surface area (Å²) in [6.45, 7) is 6.43. The summed E-state index contributed by atoms with van der Waals surface area (Å²) in [6, 6.07) is 6.14. The van der Waals surface area contributed by atoms with Gasteiger partial charge in [-0.3, -0.25) is 9.69 Å². The van der Waals surface area contributed by atoms with Gasteiger partial charge in [-0.05, 0) is 31.4 Å². The van der Waals surface area contributed by atoms with E-state index in [0.29, 0.717) is 13.2 Å². The molecule has 0 saturated heterocycles. The average molecular weight is 233 g/mol. The Hall–Kier alpha value is -1.35. The molecule has 1 aromatic carbocycles. The summed E-state index contributed by atoms with van der Waals surface area (Å²) in [5, 5.41) is 0. The van der Waals surface area contributed by atoms with Gasteiger partial charge in [-0.1, -0.05) is 25.1 Å². The van der Waals surface area contributed by atoms with Crippen LogP contribution in [0, 0.1) is 0 Å². The third kappa shape index (κ3) is 2.34. The number of ether oxygens (including phenoxy) is 1. The predicted octanol–water partition coefficient (Wildman–Crippen LogP) is 2.52. The van der Waals surface area contributed by atoms with Gasteiger partial charge in [0.2, 0.25) is 5.91 Å². The lowest BCUT2D eigenvalue weighted by molar-refractivity contribution is -0.118. The highest BCUT2D eigenvalue weighted by Gasteiger charge is 2.29. The number of hydrogen-bond donors (Lipinski definition) is 0. The molecule has 0 aromatic heterocycles. The van der Waals surface area contributed by atoms with Crippen molar-refractivity contribution in [3.8, 4) is 0 Å². The van der Waals surface area contributed by atoms with Crippen LogP contribution >= 0.6 is 0 Å². The molecule has 0 atom stereocenters. The molecule has 0 radical (unpaired) electrons. The second-order valence-electron chi connectivity index (χ2n) is 4.62. The van der Waals surface area contributed by atoms with Crippen LogP contribution in [0.1, 0.15) is 31.9 Å². The Morgan fingerprint density at radius 3 is 2.82 bits per heavy atom. The molecule has 92 valence electrons. The molecule has 1 aliphatic rings. The lowest BCUT2D eigenvalue weighted by Gasteiger charge is -2.21. The zero-order valence-electron chi connectivity index (χ0n) is 10.7. The molecule has 0 unspecified atom stereocenters. The van der Waals surface area contributed by atoms with Crippen LogP contribution < -0.4 is 4.90 Å². The van der Waals surface area contributed by atoms with E-state index in [1.54, 1.807) is 4.90 Å². The average Bonchev–Trinajstić information content (AvgIpc) is 2.61. The number of nitrogens with zero attached hydrogens (tertiary/aromatic N) is 1. The molecule has 0 N–H and O–H groups in total. The molecule has 1 heterocycles. The maximum atomic E-state index is 12.0. The van der Waals surface area contributed by atoms with Crippen LogP contribution in [0.25, 0.3) is 0 Å². The minimum atomic E-state index is 0.139. The SMILES string of the molecule is CCc1cccc2c1N(COC(C)C)C(=O)C2. The number of anilines is 1. The Morgan fingerprint density at radius 2 is 2.18 bits per heavy atom. The molecule has 0 aliphatic carbocycles. The van der Waals surface area contributed by atoms with Crippen molar-refractivity contribution in [2.24, 2.45) is 0 Å². The van der Waals surface area contributed by atoms with E-state index in [0.717, 1.165) is 17.7 Å². The molecule has 1 aromatic rings. The van der Waals surface area contributed by atoms with Gasteiger partial charge in [0, 0.05) is 0 Å². The predicted molar refractivity (Wildman–Crippen MR) is 68.1 cm³/mol. The molecule has 2 rings (SSSR count). The molecular weight excluding hydrogens is 214 g/mol. The maximum absolute atomic E-state index is 12.0. The van der Waals surface area contributed by atoms with Crippen LogP contribution in [0.15, 0.2) is 18.2 Å². The fourth-order valence-corrected chi connectivity index (χ4v) is 2.16. The fourth-order valence-electron chi connectivity index (χ4n) is 2.16. The number of hydrogen-bond acceptors (Lipinski definition) is 2. The zero-order valence-corrected chi connectivity index (χ0v) is 10.7. The van der Waals surface area contributed by atoms with Gasteiger partial charge in [-0.25, -0.2) is 0 Å². The molecular formula is C14H19NO2. The Labute approximate surface area is 102 Å². The van der Waals surface area contributed by atoms with Crippen molar-refractivity contribution in [3.63, 3.8) is 0 Å². The molecule has 0 bridgehead atoms. The summed E-state index contributed by atoms with van der Waals surface area (Å²) < 4.78 is 5.56. The smallest absolute Gasteiger partial charge is 0.233 e. The first kappa shape index (κ1) is 12.1. The first-order valence-electron chi connectivity index (χ1n) is 6.16. The number of aryl methyl sites for hydroxylation is 1. The van der Waals surface area contributed by atoms with Crippen LogP contribution in [0.2, 0.25) is 0 Å². The van der Waals surface area contributed by atoms with Gasteiger partial charge in [0.1, 0.15) is 6.73 Å². The van der Waals surface area contributed by atoms with E-state index in [1.165, 1.54) is 5.56 Å². The van der Waals surface area contributed by atoms with Gasteiger partial charge >= 0.3 is 0 Å². The molecule has 0 saturated carbocycles. The Balaban J connectivity index is 2.28. The van der Waals surface area contributed by atoms with E-state index in [2.05, 4.69) is 13.0 Å². The van der Waals surface area contributed by atoms with Crippen molar-refractivity contribution in [2.45, 2.75) is 39.7 Å². The van der Waals surface area contributed by atoms with E-state index >= 15 is 0 Å². The lowest BCUT2D eigenvalue weighted by Crippen LogP contribution is -2.31. The minimum absolute atomic E-state index is 0.139. The number of fused-ring (bicyclic) bond motifs is 1. The van der Waals surface area contributed by atoms with Gasteiger partial charge in [-0.2, -0.15) is 0 Å². The summed E-state index contributed by atoms with van der Waals surface area (Å²) >= 11 is 0. The van der Waals surface area contributed by atoms with E-state index in [4.69, 9.17) is 4.74 Å². The van der Waals surface area contributed by atoms with E-state index in [-0.39, 0.29) is 12.0 Å².